The van der Waals surface area contributed by atoms with Crippen molar-refractivity contribution in [2.75, 3.05) is 26.2 Å². The number of rotatable bonds is 7. The lowest BCUT2D eigenvalue weighted by Gasteiger charge is -2.23. The first-order valence-corrected chi connectivity index (χ1v) is 6.60. The molecule has 0 fully saturated rings. The fourth-order valence-electron chi connectivity index (χ4n) is 1.72. The summed E-state index contributed by atoms with van der Waals surface area (Å²) in [6.07, 6.45) is 1.15. The molecule has 0 amide bonds. The summed E-state index contributed by atoms with van der Waals surface area (Å²) in [7, 11) is 0. The monoisotopic (exact) mass is 226 g/mol. The van der Waals surface area contributed by atoms with Crippen LogP contribution in [0.2, 0.25) is 0 Å². The van der Waals surface area contributed by atoms with Gasteiger partial charge in [-0.15, -0.1) is 0 Å². The Kier molecular flexibility index (Phi) is 5.91. The van der Waals surface area contributed by atoms with Gasteiger partial charge >= 0.3 is 0 Å². The van der Waals surface area contributed by atoms with Crippen LogP contribution in [0.25, 0.3) is 0 Å². The van der Waals surface area contributed by atoms with E-state index in [0.717, 1.165) is 38.5 Å². The molecule has 0 aliphatic heterocycles. The molecule has 15 heavy (non-hydrogen) atoms. The average Bonchev–Trinajstić information content (AvgIpc) is 2.66. The molecule has 0 radical (unpaired) electrons. The van der Waals surface area contributed by atoms with E-state index in [1.54, 1.807) is 11.3 Å². The molecule has 0 aromatic carbocycles. The topological polar surface area (TPSA) is 29.3 Å². The van der Waals surface area contributed by atoms with E-state index < -0.39 is 0 Å². The number of nitrogens with zero attached hydrogens (tertiary/aromatic N) is 1. The van der Waals surface area contributed by atoms with Crippen LogP contribution in [0.4, 0.5) is 0 Å². The van der Waals surface area contributed by atoms with Crippen molar-refractivity contribution in [3.05, 3.63) is 22.4 Å². The Bertz CT molecular complexity index is 244. The van der Waals surface area contributed by atoms with Crippen LogP contribution in [0.5, 0.6) is 0 Å². The summed E-state index contributed by atoms with van der Waals surface area (Å²) in [5, 5.41) is 4.38. The minimum absolute atomic E-state index is 0.721. The van der Waals surface area contributed by atoms with E-state index in [-0.39, 0.29) is 0 Å². The first-order valence-electron chi connectivity index (χ1n) is 5.66. The van der Waals surface area contributed by atoms with Gasteiger partial charge in [-0.2, -0.15) is 11.3 Å². The van der Waals surface area contributed by atoms with Gasteiger partial charge in [-0.05, 0) is 34.7 Å². The minimum atomic E-state index is 0.721. The van der Waals surface area contributed by atoms with Crippen LogP contribution in [0.1, 0.15) is 19.4 Å². The van der Waals surface area contributed by atoms with E-state index in [1.807, 2.05) is 0 Å². The highest BCUT2D eigenvalue weighted by atomic mass is 32.1. The lowest BCUT2D eigenvalue weighted by Crippen LogP contribution is -2.34. The summed E-state index contributed by atoms with van der Waals surface area (Å²) in [5.74, 6) is 0.721. The fraction of sp³-hybridized carbons (Fsp3) is 0.667. The lowest BCUT2D eigenvalue weighted by molar-refractivity contribution is 0.253. The highest BCUT2D eigenvalue weighted by Gasteiger charge is 2.06. The molecule has 2 nitrogen and oxygen atoms in total. The molecule has 0 atom stereocenters. The van der Waals surface area contributed by atoms with Gasteiger partial charge in [0.2, 0.25) is 0 Å². The molecule has 0 bridgehead atoms. The maximum absolute atomic E-state index is 5.61. The second kappa shape index (κ2) is 6.99. The molecule has 0 aliphatic carbocycles. The maximum Gasteiger partial charge on any atom is 0.0105 e. The van der Waals surface area contributed by atoms with Gasteiger partial charge in [-0.1, -0.05) is 13.8 Å². The van der Waals surface area contributed by atoms with E-state index in [4.69, 9.17) is 5.73 Å². The van der Waals surface area contributed by atoms with Crippen molar-refractivity contribution >= 4 is 11.3 Å². The molecule has 2 N–H and O–H groups in total. The zero-order valence-corrected chi connectivity index (χ0v) is 10.6. The summed E-state index contributed by atoms with van der Waals surface area (Å²) >= 11 is 1.78. The average molecular weight is 226 g/mol. The van der Waals surface area contributed by atoms with Crippen molar-refractivity contribution in [2.24, 2.45) is 11.7 Å². The summed E-state index contributed by atoms with van der Waals surface area (Å²) in [6, 6.07) is 2.21. The Morgan fingerprint density at radius 1 is 1.40 bits per heavy atom. The summed E-state index contributed by atoms with van der Waals surface area (Å²) in [4.78, 5) is 2.46. The van der Waals surface area contributed by atoms with Gasteiger partial charge in [0.05, 0.1) is 0 Å². The Balaban J connectivity index is 2.30. The van der Waals surface area contributed by atoms with Crippen LogP contribution in [0, 0.1) is 5.92 Å². The van der Waals surface area contributed by atoms with Crippen molar-refractivity contribution in [1.29, 1.82) is 0 Å². The third kappa shape index (κ3) is 5.30. The molecular formula is C12H22N2S. The Hall–Kier alpha value is -0.380. The van der Waals surface area contributed by atoms with Crippen molar-refractivity contribution in [2.45, 2.75) is 20.3 Å². The largest absolute Gasteiger partial charge is 0.329 e. The molecular weight excluding hydrogens is 204 g/mol. The number of hydrogen-bond acceptors (Lipinski definition) is 3. The zero-order chi connectivity index (χ0) is 11.1. The molecule has 0 aliphatic rings. The van der Waals surface area contributed by atoms with Gasteiger partial charge in [0.25, 0.3) is 0 Å². The zero-order valence-electron chi connectivity index (χ0n) is 9.78. The highest BCUT2D eigenvalue weighted by molar-refractivity contribution is 7.07. The Morgan fingerprint density at radius 3 is 2.73 bits per heavy atom. The third-order valence-electron chi connectivity index (χ3n) is 2.37. The van der Waals surface area contributed by atoms with Gasteiger partial charge < -0.3 is 10.6 Å². The molecule has 0 unspecified atom stereocenters. The van der Waals surface area contributed by atoms with Crippen molar-refractivity contribution in [3.8, 4) is 0 Å². The Morgan fingerprint density at radius 2 is 2.20 bits per heavy atom. The van der Waals surface area contributed by atoms with Crippen LogP contribution in [0.15, 0.2) is 16.8 Å². The first kappa shape index (κ1) is 12.7. The third-order valence-corrected chi connectivity index (χ3v) is 3.10. The summed E-state index contributed by atoms with van der Waals surface area (Å²) < 4.78 is 0. The van der Waals surface area contributed by atoms with Gasteiger partial charge in [0.1, 0.15) is 0 Å². The van der Waals surface area contributed by atoms with Gasteiger partial charge in [0, 0.05) is 26.2 Å². The fourth-order valence-corrected chi connectivity index (χ4v) is 2.42. The van der Waals surface area contributed by atoms with Crippen LogP contribution < -0.4 is 5.73 Å². The normalized spacial score (nSPS) is 11.5. The minimum Gasteiger partial charge on any atom is -0.329 e. The summed E-state index contributed by atoms with van der Waals surface area (Å²) in [6.45, 7) is 8.58. The quantitative estimate of drug-likeness (QED) is 0.772. The molecule has 1 heterocycles. The summed E-state index contributed by atoms with van der Waals surface area (Å²) in [5.41, 5.74) is 7.06. The first-order chi connectivity index (χ1) is 7.22. The van der Waals surface area contributed by atoms with Crippen LogP contribution in [-0.2, 0) is 6.42 Å². The predicted molar refractivity (Wildman–Crippen MR) is 68.4 cm³/mol. The van der Waals surface area contributed by atoms with E-state index in [2.05, 4.69) is 35.6 Å². The smallest absolute Gasteiger partial charge is 0.0105 e. The van der Waals surface area contributed by atoms with Crippen LogP contribution in [0.3, 0.4) is 0 Å². The maximum atomic E-state index is 5.61. The van der Waals surface area contributed by atoms with E-state index in [1.165, 1.54) is 5.56 Å². The molecule has 3 heteroatoms. The van der Waals surface area contributed by atoms with Gasteiger partial charge in [-0.25, -0.2) is 0 Å². The molecule has 0 spiro atoms. The SMILES string of the molecule is CC(C)CN(CCN)CCc1ccsc1. The molecule has 1 aromatic rings. The number of nitrogens with two attached hydrogens (primary N) is 1. The highest BCUT2D eigenvalue weighted by Crippen LogP contribution is 2.08. The number of thiophene rings is 1. The van der Waals surface area contributed by atoms with Crippen molar-refractivity contribution in [1.82, 2.24) is 4.90 Å². The Labute approximate surface area is 97.1 Å². The van der Waals surface area contributed by atoms with E-state index in [0.29, 0.717) is 0 Å². The van der Waals surface area contributed by atoms with Crippen LogP contribution >= 0.6 is 11.3 Å². The molecule has 0 saturated heterocycles. The molecule has 1 aromatic heterocycles. The number of hydrogen-bond donors (Lipinski definition) is 1. The second-order valence-corrected chi connectivity index (χ2v) is 5.14. The lowest BCUT2D eigenvalue weighted by atomic mass is 10.2. The van der Waals surface area contributed by atoms with E-state index >= 15 is 0 Å². The van der Waals surface area contributed by atoms with Crippen molar-refractivity contribution < 1.29 is 0 Å². The van der Waals surface area contributed by atoms with Crippen molar-refractivity contribution in [3.63, 3.8) is 0 Å². The standard InChI is InChI=1S/C12H22N2S/c1-11(2)9-14(7-5-13)6-3-12-4-8-15-10-12/h4,8,10-11H,3,5-7,9,13H2,1-2H3. The van der Waals surface area contributed by atoms with Crippen LogP contribution in [-0.4, -0.2) is 31.1 Å². The van der Waals surface area contributed by atoms with E-state index in [9.17, 15) is 0 Å². The second-order valence-electron chi connectivity index (χ2n) is 4.36. The predicted octanol–water partition coefficient (Wildman–Crippen LogP) is 2.21. The van der Waals surface area contributed by atoms with Gasteiger partial charge in [-0.3, -0.25) is 0 Å². The van der Waals surface area contributed by atoms with Gasteiger partial charge in [0.15, 0.2) is 0 Å². The molecule has 86 valence electrons. The molecule has 0 saturated carbocycles. The molecule has 1 rings (SSSR count).